The van der Waals surface area contributed by atoms with E-state index in [1.54, 1.807) is 0 Å². The van der Waals surface area contributed by atoms with Crippen molar-refractivity contribution < 1.29 is 19.4 Å². The van der Waals surface area contributed by atoms with Gasteiger partial charge in [0.25, 0.3) is 0 Å². The largest absolute Gasteiger partial charge is 0.465 e. The van der Waals surface area contributed by atoms with Crippen molar-refractivity contribution in [3.05, 3.63) is 16.1 Å². The summed E-state index contributed by atoms with van der Waals surface area (Å²) < 4.78 is 9.26. The van der Waals surface area contributed by atoms with Crippen molar-refractivity contribution in [2.24, 2.45) is 0 Å². The Morgan fingerprint density at radius 2 is 2.43 bits per heavy atom. The molecule has 0 aliphatic carbocycles. The SMILES string of the molecule is COCC(O)c1ncc(C(=O)OC)s1. The Hall–Kier alpha value is -0.980. The van der Waals surface area contributed by atoms with Gasteiger partial charge in [0.15, 0.2) is 0 Å². The van der Waals surface area contributed by atoms with Gasteiger partial charge in [-0.25, -0.2) is 9.78 Å². The van der Waals surface area contributed by atoms with Crippen LogP contribution in [0.25, 0.3) is 0 Å². The number of esters is 1. The quantitative estimate of drug-likeness (QED) is 0.748. The molecule has 1 N–H and O–H groups in total. The van der Waals surface area contributed by atoms with Crippen LogP contribution in [0.4, 0.5) is 0 Å². The highest BCUT2D eigenvalue weighted by Gasteiger charge is 2.15. The number of hydrogen-bond donors (Lipinski definition) is 1. The van der Waals surface area contributed by atoms with Crippen LogP contribution < -0.4 is 0 Å². The normalized spacial score (nSPS) is 12.5. The van der Waals surface area contributed by atoms with E-state index in [4.69, 9.17) is 4.74 Å². The third-order valence-corrected chi connectivity index (χ3v) is 2.60. The Balaban J connectivity index is 2.72. The summed E-state index contributed by atoms with van der Waals surface area (Å²) in [6.07, 6.45) is 0.591. The topological polar surface area (TPSA) is 68.7 Å². The van der Waals surface area contributed by atoms with Crippen molar-refractivity contribution in [2.45, 2.75) is 6.10 Å². The smallest absolute Gasteiger partial charge is 0.349 e. The lowest BCUT2D eigenvalue weighted by Gasteiger charge is -2.03. The van der Waals surface area contributed by atoms with E-state index >= 15 is 0 Å². The number of carbonyl (C=O) groups excluding carboxylic acids is 1. The van der Waals surface area contributed by atoms with Crippen molar-refractivity contribution in [1.29, 1.82) is 0 Å². The molecule has 0 spiro atoms. The van der Waals surface area contributed by atoms with Gasteiger partial charge in [0.2, 0.25) is 0 Å². The highest BCUT2D eigenvalue weighted by Crippen LogP contribution is 2.20. The molecule has 0 saturated carbocycles. The van der Waals surface area contributed by atoms with E-state index in [2.05, 4.69) is 9.72 Å². The molecule has 14 heavy (non-hydrogen) atoms. The van der Waals surface area contributed by atoms with Gasteiger partial charge in [-0.3, -0.25) is 0 Å². The van der Waals surface area contributed by atoms with Gasteiger partial charge < -0.3 is 14.6 Å². The van der Waals surface area contributed by atoms with Crippen LogP contribution in [0.3, 0.4) is 0 Å². The lowest BCUT2D eigenvalue weighted by Crippen LogP contribution is -2.04. The second-order valence-electron chi connectivity index (χ2n) is 2.53. The molecular formula is C8H11NO4S. The summed E-state index contributed by atoms with van der Waals surface area (Å²) in [4.78, 5) is 15.3. The van der Waals surface area contributed by atoms with Crippen molar-refractivity contribution >= 4 is 17.3 Å². The molecule has 0 bridgehead atoms. The number of ether oxygens (including phenoxy) is 2. The van der Waals surface area contributed by atoms with E-state index in [0.29, 0.717) is 9.88 Å². The summed E-state index contributed by atoms with van der Waals surface area (Å²) >= 11 is 1.10. The number of nitrogens with zero attached hydrogens (tertiary/aromatic N) is 1. The maximum absolute atomic E-state index is 11.0. The summed E-state index contributed by atoms with van der Waals surface area (Å²) in [5.74, 6) is -0.446. The Morgan fingerprint density at radius 3 is 3.00 bits per heavy atom. The summed E-state index contributed by atoms with van der Waals surface area (Å²) in [5.41, 5.74) is 0. The molecule has 0 saturated heterocycles. The van der Waals surface area contributed by atoms with Crippen LogP contribution in [0.5, 0.6) is 0 Å². The predicted octanol–water partition coefficient (Wildman–Crippen LogP) is 0.610. The van der Waals surface area contributed by atoms with E-state index in [-0.39, 0.29) is 6.61 Å². The molecule has 1 atom stereocenters. The Bertz CT molecular complexity index is 312. The fourth-order valence-electron chi connectivity index (χ4n) is 0.866. The number of hydrogen-bond acceptors (Lipinski definition) is 6. The van der Waals surface area contributed by atoms with Crippen LogP contribution in [0.15, 0.2) is 6.20 Å². The molecule has 1 aromatic heterocycles. The Labute approximate surface area is 85.3 Å². The zero-order valence-corrected chi connectivity index (χ0v) is 8.71. The lowest BCUT2D eigenvalue weighted by atomic mass is 10.4. The van der Waals surface area contributed by atoms with Crippen molar-refractivity contribution in [3.63, 3.8) is 0 Å². The predicted molar refractivity (Wildman–Crippen MR) is 50.3 cm³/mol. The Morgan fingerprint density at radius 1 is 1.71 bits per heavy atom. The Kier molecular flexibility index (Phi) is 3.99. The molecule has 0 radical (unpaired) electrons. The molecule has 78 valence electrons. The molecule has 1 unspecified atom stereocenters. The standard InChI is InChI=1S/C8H11NO4S/c1-12-4-5(10)7-9-3-6(14-7)8(11)13-2/h3,5,10H,4H2,1-2H3. The molecule has 6 heteroatoms. The fourth-order valence-corrected chi connectivity index (χ4v) is 1.67. The van der Waals surface area contributed by atoms with Crippen LogP contribution in [0, 0.1) is 0 Å². The minimum atomic E-state index is -0.789. The first-order valence-corrected chi connectivity index (χ1v) is 4.71. The highest BCUT2D eigenvalue weighted by atomic mass is 32.1. The van der Waals surface area contributed by atoms with E-state index < -0.39 is 12.1 Å². The molecule has 0 aromatic carbocycles. The van der Waals surface area contributed by atoms with Gasteiger partial charge in [0.05, 0.1) is 19.9 Å². The monoisotopic (exact) mass is 217 g/mol. The molecule has 0 aliphatic heterocycles. The molecule has 5 nitrogen and oxygen atoms in total. The minimum absolute atomic E-state index is 0.161. The number of aliphatic hydroxyl groups excluding tert-OH is 1. The summed E-state index contributed by atoms with van der Waals surface area (Å²) in [7, 11) is 2.78. The second-order valence-corrected chi connectivity index (χ2v) is 3.59. The number of carbonyl (C=O) groups is 1. The van der Waals surface area contributed by atoms with E-state index in [9.17, 15) is 9.90 Å². The molecule has 1 heterocycles. The van der Waals surface area contributed by atoms with Crippen LogP contribution in [0.1, 0.15) is 20.8 Å². The zero-order valence-electron chi connectivity index (χ0n) is 7.89. The van der Waals surface area contributed by atoms with Crippen molar-refractivity contribution in [3.8, 4) is 0 Å². The van der Waals surface area contributed by atoms with Gasteiger partial charge in [-0.1, -0.05) is 0 Å². The van der Waals surface area contributed by atoms with Crippen LogP contribution in [-0.2, 0) is 9.47 Å². The van der Waals surface area contributed by atoms with Crippen molar-refractivity contribution in [2.75, 3.05) is 20.8 Å². The average Bonchev–Trinajstić information content (AvgIpc) is 2.66. The van der Waals surface area contributed by atoms with Crippen LogP contribution in [-0.4, -0.2) is 36.9 Å². The molecule has 0 amide bonds. The fraction of sp³-hybridized carbons (Fsp3) is 0.500. The summed E-state index contributed by atoms with van der Waals surface area (Å²) in [6.45, 7) is 0.161. The maximum Gasteiger partial charge on any atom is 0.349 e. The van der Waals surface area contributed by atoms with Gasteiger partial charge >= 0.3 is 5.97 Å². The summed E-state index contributed by atoms with van der Waals surface area (Å²) in [5, 5.41) is 9.91. The first kappa shape index (κ1) is 11.1. The first-order valence-electron chi connectivity index (χ1n) is 3.90. The molecule has 1 aromatic rings. The lowest BCUT2D eigenvalue weighted by molar-refractivity contribution is 0.0606. The third-order valence-electron chi connectivity index (χ3n) is 1.52. The highest BCUT2D eigenvalue weighted by molar-refractivity contribution is 7.13. The van der Waals surface area contributed by atoms with Crippen molar-refractivity contribution in [1.82, 2.24) is 4.98 Å². The number of aliphatic hydroxyl groups is 1. The van der Waals surface area contributed by atoms with Gasteiger partial charge in [-0.15, -0.1) is 11.3 Å². The van der Waals surface area contributed by atoms with Gasteiger partial charge in [0, 0.05) is 7.11 Å². The van der Waals surface area contributed by atoms with Crippen LogP contribution >= 0.6 is 11.3 Å². The van der Waals surface area contributed by atoms with E-state index in [0.717, 1.165) is 11.3 Å². The minimum Gasteiger partial charge on any atom is -0.465 e. The van der Waals surface area contributed by atoms with Crippen LogP contribution in [0.2, 0.25) is 0 Å². The number of rotatable bonds is 4. The average molecular weight is 217 g/mol. The second kappa shape index (κ2) is 5.04. The number of thiazole rings is 1. The van der Waals surface area contributed by atoms with Gasteiger partial charge in [0.1, 0.15) is 16.0 Å². The number of methoxy groups -OCH3 is 2. The van der Waals surface area contributed by atoms with Gasteiger partial charge in [-0.2, -0.15) is 0 Å². The summed E-state index contributed by atoms with van der Waals surface area (Å²) in [6, 6.07) is 0. The molecule has 0 aliphatic rings. The van der Waals surface area contributed by atoms with E-state index in [1.165, 1.54) is 20.4 Å². The third kappa shape index (κ3) is 2.50. The van der Waals surface area contributed by atoms with E-state index in [1.807, 2.05) is 0 Å². The molecule has 1 rings (SSSR count). The molecule has 0 fully saturated rings. The number of aromatic nitrogens is 1. The first-order chi connectivity index (χ1) is 6.69. The van der Waals surface area contributed by atoms with Gasteiger partial charge in [-0.05, 0) is 0 Å². The molecular weight excluding hydrogens is 206 g/mol. The zero-order chi connectivity index (χ0) is 10.6. The maximum atomic E-state index is 11.0.